The molecule has 0 N–H and O–H groups in total. The summed E-state index contributed by atoms with van der Waals surface area (Å²) in [6.45, 7) is 9.18. The molecule has 1 aliphatic rings. The Labute approximate surface area is 155 Å². The second-order valence-corrected chi connectivity index (χ2v) is 7.35. The Bertz CT molecular complexity index is 690. The van der Waals surface area contributed by atoms with Gasteiger partial charge in [-0.3, -0.25) is 4.90 Å². The molecule has 1 fully saturated rings. The topological polar surface area (TPSA) is 55.8 Å². The Balaban J connectivity index is 2.37. The maximum absolute atomic E-state index is 12.9. The van der Waals surface area contributed by atoms with Crippen molar-refractivity contribution in [3.05, 3.63) is 54.6 Å². The van der Waals surface area contributed by atoms with Crippen molar-refractivity contribution in [2.45, 2.75) is 50.8 Å². The molecule has 1 heterocycles. The molecule has 0 aliphatic carbocycles. The molecule has 2 rings (SSSR count). The fourth-order valence-electron chi connectivity index (χ4n) is 3.15. The van der Waals surface area contributed by atoms with Gasteiger partial charge in [0.05, 0.1) is 13.2 Å². The first-order chi connectivity index (χ1) is 12.2. The summed E-state index contributed by atoms with van der Waals surface area (Å²) in [6.07, 6.45) is 5.85. The van der Waals surface area contributed by atoms with Gasteiger partial charge in [0.15, 0.2) is 5.54 Å². The quantitative estimate of drug-likeness (QED) is 0.599. The lowest BCUT2D eigenvalue weighted by Gasteiger charge is -2.36. The number of hydrogen-bond acceptors (Lipinski definition) is 4. The summed E-state index contributed by atoms with van der Waals surface area (Å²) in [6, 6.07) is 9.50. The second-order valence-electron chi connectivity index (χ2n) is 7.35. The average Bonchev–Trinajstić information content (AvgIpc) is 2.98. The van der Waals surface area contributed by atoms with Crippen LogP contribution in [0.15, 0.2) is 49.1 Å². The first-order valence-electron chi connectivity index (χ1n) is 8.71. The van der Waals surface area contributed by atoms with Crippen molar-refractivity contribution >= 4 is 18.1 Å². The lowest BCUT2D eigenvalue weighted by atomic mass is 9.97. The molecule has 26 heavy (non-hydrogen) atoms. The number of amides is 1. The number of carbonyl (C=O) groups excluding carboxylic acids is 2. The van der Waals surface area contributed by atoms with Crippen LogP contribution in [0.4, 0.5) is 4.79 Å². The molecule has 0 bridgehead atoms. The fraction of sp³-hybridized carbons (Fsp3) is 0.429. The summed E-state index contributed by atoms with van der Waals surface area (Å²) in [5.41, 5.74) is -0.870. The zero-order valence-electron chi connectivity index (χ0n) is 15.9. The van der Waals surface area contributed by atoms with E-state index in [0.717, 1.165) is 5.56 Å². The van der Waals surface area contributed by atoms with Gasteiger partial charge in [0.2, 0.25) is 0 Å². The highest BCUT2D eigenvalue weighted by atomic mass is 16.6. The number of ether oxygens (including phenoxy) is 2. The van der Waals surface area contributed by atoms with Gasteiger partial charge >= 0.3 is 12.1 Å². The Morgan fingerprint density at radius 2 is 1.92 bits per heavy atom. The van der Waals surface area contributed by atoms with Gasteiger partial charge in [-0.25, -0.2) is 9.59 Å². The molecular formula is C21H27NO4. The highest BCUT2D eigenvalue weighted by molar-refractivity contribution is 5.89. The fourth-order valence-corrected chi connectivity index (χ4v) is 3.15. The van der Waals surface area contributed by atoms with Gasteiger partial charge in [0, 0.05) is 0 Å². The second kappa shape index (κ2) is 7.77. The summed E-state index contributed by atoms with van der Waals surface area (Å²) < 4.78 is 10.5. The molecule has 1 aliphatic heterocycles. The molecule has 140 valence electrons. The Morgan fingerprint density at radius 1 is 1.27 bits per heavy atom. The maximum atomic E-state index is 12.9. The van der Waals surface area contributed by atoms with Crippen LogP contribution in [0.3, 0.4) is 0 Å². The van der Waals surface area contributed by atoms with Crippen LogP contribution in [0.5, 0.6) is 0 Å². The molecule has 1 aromatic rings. The largest absolute Gasteiger partial charge is 0.467 e. The minimum absolute atomic E-state index is 0.290. The SMILES string of the molecule is C=C[C@]1(C(=O)OC)CC[C@H](/C=C/c2ccccc2)N1C(=O)OC(C)(C)C. The molecule has 5 heteroatoms. The van der Waals surface area contributed by atoms with E-state index in [1.807, 2.05) is 42.5 Å². The van der Waals surface area contributed by atoms with Gasteiger partial charge in [0.25, 0.3) is 0 Å². The predicted octanol–water partition coefficient (Wildman–Crippen LogP) is 4.20. The predicted molar refractivity (Wildman–Crippen MR) is 102 cm³/mol. The van der Waals surface area contributed by atoms with E-state index in [1.54, 1.807) is 20.8 Å². The van der Waals surface area contributed by atoms with Crippen LogP contribution in [0.1, 0.15) is 39.2 Å². The van der Waals surface area contributed by atoms with E-state index in [9.17, 15) is 9.59 Å². The number of benzene rings is 1. The normalized spacial score (nSPS) is 23.1. The zero-order chi connectivity index (χ0) is 19.4. The van der Waals surface area contributed by atoms with Crippen LogP contribution < -0.4 is 0 Å². The van der Waals surface area contributed by atoms with Crippen molar-refractivity contribution in [1.29, 1.82) is 0 Å². The minimum atomic E-state index is -1.22. The van der Waals surface area contributed by atoms with Crippen LogP contribution in [0.25, 0.3) is 6.08 Å². The van der Waals surface area contributed by atoms with Gasteiger partial charge in [0.1, 0.15) is 5.60 Å². The standard InChI is InChI=1S/C21H27NO4/c1-6-21(18(23)25-5)15-14-17(13-12-16-10-8-7-9-11-16)22(21)19(24)26-20(2,3)4/h6-13,17H,1,14-15H2,2-5H3/b13-12+/t17-,21+/m0/s1. The monoisotopic (exact) mass is 357 g/mol. The van der Waals surface area contributed by atoms with E-state index in [-0.39, 0.29) is 6.04 Å². The third kappa shape index (κ3) is 4.15. The first-order valence-corrected chi connectivity index (χ1v) is 8.71. The lowest BCUT2D eigenvalue weighted by Crippen LogP contribution is -2.55. The van der Waals surface area contributed by atoms with E-state index in [4.69, 9.17) is 9.47 Å². The number of methoxy groups -OCH3 is 1. The van der Waals surface area contributed by atoms with E-state index in [0.29, 0.717) is 12.8 Å². The molecular weight excluding hydrogens is 330 g/mol. The summed E-state index contributed by atoms with van der Waals surface area (Å²) in [5.74, 6) is -0.506. The summed E-state index contributed by atoms with van der Waals surface area (Å²) in [4.78, 5) is 26.8. The highest BCUT2D eigenvalue weighted by Crippen LogP contribution is 2.38. The van der Waals surface area contributed by atoms with E-state index in [2.05, 4.69) is 6.58 Å². The van der Waals surface area contributed by atoms with Crippen LogP contribution in [-0.2, 0) is 14.3 Å². The van der Waals surface area contributed by atoms with Crippen LogP contribution in [-0.4, -0.2) is 41.3 Å². The number of carbonyl (C=O) groups is 2. The third-order valence-electron chi connectivity index (χ3n) is 4.36. The van der Waals surface area contributed by atoms with Crippen molar-refractivity contribution in [3.63, 3.8) is 0 Å². The average molecular weight is 357 g/mol. The highest BCUT2D eigenvalue weighted by Gasteiger charge is 2.53. The number of rotatable bonds is 4. The van der Waals surface area contributed by atoms with Crippen molar-refractivity contribution in [3.8, 4) is 0 Å². The molecule has 5 nitrogen and oxygen atoms in total. The van der Waals surface area contributed by atoms with Crippen molar-refractivity contribution < 1.29 is 19.1 Å². The third-order valence-corrected chi connectivity index (χ3v) is 4.36. The van der Waals surface area contributed by atoms with Gasteiger partial charge in [-0.05, 0) is 39.2 Å². The molecule has 0 aromatic heterocycles. The smallest absolute Gasteiger partial charge is 0.412 e. The van der Waals surface area contributed by atoms with E-state index in [1.165, 1.54) is 18.1 Å². The lowest BCUT2D eigenvalue weighted by molar-refractivity contribution is -0.150. The van der Waals surface area contributed by atoms with Crippen molar-refractivity contribution in [1.82, 2.24) is 4.90 Å². The van der Waals surface area contributed by atoms with Gasteiger partial charge < -0.3 is 9.47 Å². The van der Waals surface area contributed by atoms with Crippen molar-refractivity contribution in [2.75, 3.05) is 7.11 Å². The van der Waals surface area contributed by atoms with Crippen LogP contribution in [0, 0.1) is 0 Å². The zero-order valence-corrected chi connectivity index (χ0v) is 15.9. The molecule has 1 saturated heterocycles. The van der Waals surface area contributed by atoms with E-state index >= 15 is 0 Å². The van der Waals surface area contributed by atoms with Gasteiger partial charge in [-0.15, -0.1) is 6.58 Å². The number of hydrogen-bond donors (Lipinski definition) is 0. The molecule has 0 radical (unpaired) electrons. The molecule has 0 saturated carbocycles. The molecule has 2 atom stereocenters. The van der Waals surface area contributed by atoms with E-state index < -0.39 is 23.2 Å². The first kappa shape index (κ1) is 19.8. The van der Waals surface area contributed by atoms with Gasteiger partial charge in [-0.2, -0.15) is 0 Å². The molecule has 1 amide bonds. The minimum Gasteiger partial charge on any atom is -0.467 e. The number of likely N-dealkylation sites (tertiary alicyclic amines) is 1. The summed E-state index contributed by atoms with van der Waals surface area (Å²) in [5, 5.41) is 0. The Morgan fingerprint density at radius 3 is 2.46 bits per heavy atom. The maximum Gasteiger partial charge on any atom is 0.412 e. The number of nitrogens with zero attached hydrogens (tertiary/aromatic N) is 1. The van der Waals surface area contributed by atoms with Crippen molar-refractivity contribution in [2.24, 2.45) is 0 Å². The van der Waals surface area contributed by atoms with Gasteiger partial charge in [-0.1, -0.05) is 48.6 Å². The summed E-state index contributed by atoms with van der Waals surface area (Å²) in [7, 11) is 1.31. The number of esters is 1. The molecule has 0 spiro atoms. The Hall–Kier alpha value is -2.56. The van der Waals surface area contributed by atoms with Crippen LogP contribution in [0.2, 0.25) is 0 Å². The molecule has 0 unspecified atom stereocenters. The molecule has 1 aromatic carbocycles. The van der Waals surface area contributed by atoms with Crippen LogP contribution >= 0.6 is 0 Å². The summed E-state index contributed by atoms with van der Waals surface area (Å²) >= 11 is 0. The Kier molecular flexibility index (Phi) is 5.90.